The summed E-state index contributed by atoms with van der Waals surface area (Å²) in [6.07, 6.45) is 1.77. The fraction of sp³-hybridized carbons (Fsp3) is 0. The number of benzene rings is 2. The third-order valence-electron chi connectivity index (χ3n) is 2.96. The molecule has 110 valence electrons. The molecule has 0 amide bonds. The van der Waals surface area contributed by atoms with Gasteiger partial charge in [0.1, 0.15) is 0 Å². The normalized spacial score (nSPS) is 10.5. The lowest BCUT2D eigenvalue weighted by Crippen LogP contribution is -1.96. The molecule has 0 aliphatic rings. The molecule has 1 N–H and O–H groups in total. The number of aliphatic carboxylic acids is 1. The number of nitro groups is 1. The highest BCUT2D eigenvalue weighted by Crippen LogP contribution is 2.22. The van der Waals surface area contributed by atoms with E-state index in [2.05, 4.69) is 0 Å². The van der Waals surface area contributed by atoms with E-state index in [1.807, 2.05) is 0 Å². The maximum absolute atomic E-state index is 11.7. The van der Waals surface area contributed by atoms with Crippen LogP contribution in [0.5, 0.6) is 0 Å². The minimum absolute atomic E-state index is 0.00866. The van der Waals surface area contributed by atoms with Crippen LogP contribution >= 0.6 is 0 Å². The Hall–Kier alpha value is -3.28. The summed E-state index contributed by atoms with van der Waals surface area (Å²) < 4.78 is 0. The molecule has 0 unspecified atom stereocenters. The number of hydrogen-bond acceptors (Lipinski definition) is 4. The van der Waals surface area contributed by atoms with Crippen molar-refractivity contribution in [3.63, 3.8) is 0 Å². The van der Waals surface area contributed by atoms with E-state index in [0.29, 0.717) is 5.56 Å². The quantitative estimate of drug-likeness (QED) is 0.396. The molecule has 0 bridgehead atoms. The Morgan fingerprint density at radius 2 is 1.41 bits per heavy atom. The number of hydrogen-bond donors (Lipinski definition) is 1. The summed E-state index contributed by atoms with van der Waals surface area (Å²) in [5.41, 5.74) is 1.96. The van der Waals surface area contributed by atoms with E-state index in [1.165, 1.54) is 12.1 Å². The first-order valence-corrected chi connectivity index (χ1v) is 6.27. The zero-order valence-electron chi connectivity index (χ0n) is 11.3. The molecule has 0 heterocycles. The van der Waals surface area contributed by atoms with Crippen LogP contribution in [0.2, 0.25) is 0 Å². The van der Waals surface area contributed by atoms with Gasteiger partial charge in [0.15, 0.2) is 5.78 Å². The van der Waals surface area contributed by atoms with Crippen molar-refractivity contribution in [3.8, 4) is 11.1 Å². The van der Waals surface area contributed by atoms with Crippen LogP contribution < -0.4 is 0 Å². The van der Waals surface area contributed by atoms with Crippen molar-refractivity contribution in [1.29, 1.82) is 0 Å². The molecule has 0 aromatic heterocycles. The molecular weight excluding hydrogens is 286 g/mol. The van der Waals surface area contributed by atoms with Gasteiger partial charge in [0.05, 0.1) is 4.92 Å². The van der Waals surface area contributed by atoms with E-state index < -0.39 is 16.7 Å². The second-order valence-electron chi connectivity index (χ2n) is 4.42. The first kappa shape index (κ1) is 15.1. The minimum Gasteiger partial charge on any atom is -0.478 e. The molecule has 6 heteroatoms. The number of non-ortho nitro benzene ring substituents is 1. The Kier molecular flexibility index (Phi) is 4.43. The third kappa shape index (κ3) is 3.63. The van der Waals surface area contributed by atoms with E-state index in [9.17, 15) is 19.7 Å². The molecular formula is C16H11NO5. The van der Waals surface area contributed by atoms with Crippen LogP contribution in [0.15, 0.2) is 60.7 Å². The van der Waals surface area contributed by atoms with E-state index in [4.69, 9.17) is 5.11 Å². The van der Waals surface area contributed by atoms with Crippen LogP contribution in [-0.4, -0.2) is 21.8 Å². The Balaban J connectivity index is 2.19. The van der Waals surface area contributed by atoms with Gasteiger partial charge in [-0.3, -0.25) is 14.9 Å². The average Bonchev–Trinajstić information content (AvgIpc) is 2.53. The highest BCUT2D eigenvalue weighted by molar-refractivity contribution is 6.07. The zero-order chi connectivity index (χ0) is 16.1. The van der Waals surface area contributed by atoms with Crippen LogP contribution in [-0.2, 0) is 4.79 Å². The van der Waals surface area contributed by atoms with Crippen molar-refractivity contribution in [1.82, 2.24) is 0 Å². The summed E-state index contributed by atoms with van der Waals surface area (Å²) in [5.74, 6) is -1.59. The van der Waals surface area contributed by atoms with Gasteiger partial charge in [-0.1, -0.05) is 24.3 Å². The average molecular weight is 297 g/mol. The highest BCUT2D eigenvalue weighted by atomic mass is 16.6. The van der Waals surface area contributed by atoms with Crippen molar-refractivity contribution in [2.75, 3.05) is 0 Å². The van der Waals surface area contributed by atoms with Crippen molar-refractivity contribution in [3.05, 3.63) is 76.4 Å². The maximum atomic E-state index is 11.7. The number of carbonyl (C=O) groups excluding carboxylic acids is 1. The molecule has 0 aliphatic heterocycles. The lowest BCUT2D eigenvalue weighted by molar-refractivity contribution is -0.384. The Bertz CT molecular complexity index is 745. The fourth-order valence-electron chi connectivity index (χ4n) is 1.85. The summed E-state index contributed by atoms with van der Waals surface area (Å²) in [6.45, 7) is 0. The molecule has 0 radical (unpaired) electrons. The third-order valence-corrected chi connectivity index (χ3v) is 2.96. The largest absolute Gasteiger partial charge is 0.478 e. The molecule has 0 saturated carbocycles. The van der Waals surface area contributed by atoms with Gasteiger partial charge < -0.3 is 5.11 Å². The molecule has 0 spiro atoms. The number of nitro benzene ring substituents is 1. The first-order chi connectivity index (χ1) is 10.5. The molecule has 6 nitrogen and oxygen atoms in total. The van der Waals surface area contributed by atoms with Gasteiger partial charge in [-0.15, -0.1) is 0 Å². The van der Waals surface area contributed by atoms with Gasteiger partial charge in [-0.25, -0.2) is 4.79 Å². The van der Waals surface area contributed by atoms with E-state index >= 15 is 0 Å². The second kappa shape index (κ2) is 6.45. The molecule has 2 aromatic rings. The number of ketones is 1. The number of carboxylic acid groups (broad SMARTS) is 1. The zero-order valence-corrected chi connectivity index (χ0v) is 11.3. The summed E-state index contributed by atoms with van der Waals surface area (Å²) in [5, 5.41) is 19.1. The Morgan fingerprint density at radius 3 is 1.86 bits per heavy atom. The van der Waals surface area contributed by atoms with Gasteiger partial charge in [0.25, 0.3) is 5.69 Å². The molecule has 2 aromatic carbocycles. The van der Waals surface area contributed by atoms with Gasteiger partial charge in [-0.05, 0) is 29.3 Å². The number of carbonyl (C=O) groups is 2. The van der Waals surface area contributed by atoms with Crippen LogP contribution in [0, 0.1) is 10.1 Å². The smallest absolute Gasteiger partial charge is 0.328 e. The number of allylic oxidation sites excluding steroid dienone is 1. The van der Waals surface area contributed by atoms with Gasteiger partial charge in [0, 0.05) is 23.8 Å². The van der Waals surface area contributed by atoms with Crippen LogP contribution in [0.3, 0.4) is 0 Å². The van der Waals surface area contributed by atoms with Crippen molar-refractivity contribution in [2.24, 2.45) is 0 Å². The molecule has 0 saturated heterocycles. The number of carboxylic acids is 1. The summed E-state index contributed by atoms with van der Waals surface area (Å²) in [4.78, 5) is 32.2. The van der Waals surface area contributed by atoms with Crippen LogP contribution in [0.4, 0.5) is 5.69 Å². The SMILES string of the molecule is O=C(O)C=CC(=O)c1ccc(-c2ccc([N+](=O)[O-])cc2)cc1. The summed E-state index contributed by atoms with van der Waals surface area (Å²) in [7, 11) is 0. The van der Waals surface area contributed by atoms with Crippen molar-refractivity contribution in [2.45, 2.75) is 0 Å². The van der Waals surface area contributed by atoms with Crippen LogP contribution in [0.25, 0.3) is 11.1 Å². The predicted octanol–water partition coefficient (Wildman–Crippen LogP) is 3.09. The topological polar surface area (TPSA) is 97.5 Å². The predicted molar refractivity (Wildman–Crippen MR) is 79.6 cm³/mol. The van der Waals surface area contributed by atoms with E-state index in [1.54, 1.807) is 36.4 Å². The number of rotatable bonds is 5. The van der Waals surface area contributed by atoms with Crippen molar-refractivity contribution < 1.29 is 19.6 Å². The van der Waals surface area contributed by atoms with E-state index in [0.717, 1.165) is 23.3 Å². The Morgan fingerprint density at radius 1 is 0.909 bits per heavy atom. The Labute approximate surface area is 125 Å². The summed E-state index contributed by atoms with van der Waals surface area (Å²) >= 11 is 0. The van der Waals surface area contributed by atoms with Crippen molar-refractivity contribution >= 4 is 17.4 Å². The lowest BCUT2D eigenvalue weighted by atomic mass is 10.0. The molecule has 2 rings (SSSR count). The molecule has 0 atom stereocenters. The first-order valence-electron chi connectivity index (χ1n) is 6.27. The fourth-order valence-corrected chi connectivity index (χ4v) is 1.85. The standard InChI is InChI=1S/C16H11NO5/c18-15(9-10-16(19)20)13-3-1-11(2-4-13)12-5-7-14(8-6-12)17(21)22/h1-10H,(H,19,20). The molecule has 0 aliphatic carbocycles. The monoisotopic (exact) mass is 297 g/mol. The maximum Gasteiger partial charge on any atom is 0.328 e. The minimum atomic E-state index is -1.18. The van der Waals surface area contributed by atoms with E-state index in [-0.39, 0.29) is 5.69 Å². The lowest BCUT2D eigenvalue weighted by Gasteiger charge is -2.02. The molecule has 0 fully saturated rings. The van der Waals surface area contributed by atoms with Gasteiger partial charge >= 0.3 is 5.97 Å². The summed E-state index contributed by atoms with van der Waals surface area (Å²) in [6, 6.07) is 12.6. The highest BCUT2D eigenvalue weighted by Gasteiger charge is 2.06. The molecule has 22 heavy (non-hydrogen) atoms. The van der Waals surface area contributed by atoms with Gasteiger partial charge in [-0.2, -0.15) is 0 Å². The number of nitrogens with zero attached hydrogens (tertiary/aromatic N) is 1. The van der Waals surface area contributed by atoms with Crippen LogP contribution in [0.1, 0.15) is 10.4 Å². The van der Waals surface area contributed by atoms with Gasteiger partial charge in [0.2, 0.25) is 0 Å². The second-order valence-corrected chi connectivity index (χ2v) is 4.42.